The maximum absolute atomic E-state index is 12.4. The van der Waals surface area contributed by atoms with Crippen molar-refractivity contribution in [3.63, 3.8) is 0 Å². The van der Waals surface area contributed by atoms with Gasteiger partial charge in [-0.3, -0.25) is 4.79 Å². The number of nitrogens with zero attached hydrogens (tertiary/aromatic N) is 1. The highest BCUT2D eigenvalue weighted by atomic mass is 35.5. The fourth-order valence-electron chi connectivity index (χ4n) is 2.41. The van der Waals surface area contributed by atoms with Crippen molar-refractivity contribution < 1.29 is 9.90 Å². The van der Waals surface area contributed by atoms with Gasteiger partial charge in [0.05, 0.1) is 5.56 Å². The zero-order valence-electron chi connectivity index (χ0n) is 10.5. The minimum atomic E-state index is -0.121. The maximum atomic E-state index is 12.4. The summed E-state index contributed by atoms with van der Waals surface area (Å²) in [7, 11) is 0. The van der Waals surface area contributed by atoms with Gasteiger partial charge in [-0.25, -0.2) is 0 Å². The SMILES string of the molecule is CC1CCCCCN1C(=O)c1cc(Cl)ccc1O. The van der Waals surface area contributed by atoms with Gasteiger partial charge in [0.2, 0.25) is 0 Å². The molecule has 1 aromatic rings. The minimum Gasteiger partial charge on any atom is -0.507 e. The Balaban J connectivity index is 2.26. The molecule has 1 heterocycles. The number of amides is 1. The van der Waals surface area contributed by atoms with Gasteiger partial charge in [-0.2, -0.15) is 0 Å². The van der Waals surface area contributed by atoms with Gasteiger partial charge in [-0.1, -0.05) is 24.4 Å². The van der Waals surface area contributed by atoms with Crippen LogP contribution in [0.2, 0.25) is 5.02 Å². The quantitative estimate of drug-likeness (QED) is 0.847. The van der Waals surface area contributed by atoms with Crippen LogP contribution in [0, 0.1) is 0 Å². The van der Waals surface area contributed by atoms with Crippen LogP contribution in [0.4, 0.5) is 0 Å². The zero-order chi connectivity index (χ0) is 13.1. The smallest absolute Gasteiger partial charge is 0.257 e. The molecule has 0 radical (unpaired) electrons. The van der Waals surface area contributed by atoms with E-state index in [1.807, 2.05) is 4.90 Å². The fraction of sp³-hybridized carbons (Fsp3) is 0.500. The molecule has 98 valence electrons. The van der Waals surface area contributed by atoms with Crippen LogP contribution in [-0.4, -0.2) is 28.5 Å². The van der Waals surface area contributed by atoms with Crippen LogP contribution < -0.4 is 0 Å². The zero-order valence-corrected chi connectivity index (χ0v) is 11.3. The van der Waals surface area contributed by atoms with Crippen molar-refractivity contribution in [3.8, 4) is 5.75 Å². The average molecular weight is 268 g/mol. The second kappa shape index (κ2) is 5.61. The predicted molar refractivity (Wildman–Crippen MR) is 72.1 cm³/mol. The summed E-state index contributed by atoms with van der Waals surface area (Å²) < 4.78 is 0. The van der Waals surface area contributed by atoms with Gasteiger partial charge >= 0.3 is 0 Å². The molecule has 2 rings (SSSR count). The number of phenolic OH excluding ortho intramolecular Hbond substituents is 1. The number of carbonyl (C=O) groups is 1. The lowest BCUT2D eigenvalue weighted by Crippen LogP contribution is -2.38. The monoisotopic (exact) mass is 267 g/mol. The molecule has 1 aromatic carbocycles. The molecule has 0 bridgehead atoms. The molecule has 1 amide bonds. The molecule has 3 nitrogen and oxygen atoms in total. The van der Waals surface area contributed by atoms with Crippen LogP contribution in [0.5, 0.6) is 5.75 Å². The van der Waals surface area contributed by atoms with E-state index in [4.69, 9.17) is 11.6 Å². The molecular weight excluding hydrogens is 250 g/mol. The van der Waals surface area contributed by atoms with Crippen molar-refractivity contribution in [1.29, 1.82) is 0 Å². The molecule has 1 aliphatic rings. The van der Waals surface area contributed by atoms with E-state index in [1.54, 1.807) is 6.07 Å². The van der Waals surface area contributed by atoms with Crippen LogP contribution in [0.3, 0.4) is 0 Å². The van der Waals surface area contributed by atoms with E-state index in [9.17, 15) is 9.90 Å². The van der Waals surface area contributed by atoms with Gasteiger partial charge in [0.15, 0.2) is 0 Å². The summed E-state index contributed by atoms with van der Waals surface area (Å²) in [6.45, 7) is 2.82. The number of halogens is 1. The van der Waals surface area contributed by atoms with Crippen LogP contribution in [0.15, 0.2) is 18.2 Å². The third kappa shape index (κ3) is 2.78. The molecule has 0 saturated carbocycles. The summed E-state index contributed by atoms with van der Waals surface area (Å²) in [4.78, 5) is 14.3. The molecule has 1 fully saturated rings. The predicted octanol–water partition coefficient (Wildman–Crippen LogP) is 3.45. The molecule has 0 spiro atoms. The lowest BCUT2D eigenvalue weighted by Gasteiger charge is -2.27. The molecule has 0 aliphatic carbocycles. The number of phenols is 1. The van der Waals surface area contributed by atoms with E-state index in [-0.39, 0.29) is 17.7 Å². The van der Waals surface area contributed by atoms with Crippen LogP contribution in [0.1, 0.15) is 43.0 Å². The van der Waals surface area contributed by atoms with E-state index in [1.165, 1.54) is 12.1 Å². The summed E-state index contributed by atoms with van der Waals surface area (Å²) in [5, 5.41) is 10.3. The average Bonchev–Trinajstić information content (AvgIpc) is 2.56. The molecule has 1 unspecified atom stereocenters. The number of aromatic hydroxyl groups is 1. The Kier molecular flexibility index (Phi) is 4.12. The van der Waals surface area contributed by atoms with Gasteiger partial charge < -0.3 is 10.0 Å². The van der Waals surface area contributed by atoms with Crippen molar-refractivity contribution in [1.82, 2.24) is 4.90 Å². The number of benzene rings is 1. The Hall–Kier alpha value is -1.22. The Morgan fingerprint density at radius 3 is 2.94 bits per heavy atom. The summed E-state index contributed by atoms with van der Waals surface area (Å²) in [5.41, 5.74) is 0.302. The van der Waals surface area contributed by atoms with E-state index in [2.05, 4.69) is 6.92 Å². The molecule has 1 N–H and O–H groups in total. The number of hydrogen-bond donors (Lipinski definition) is 1. The first-order valence-corrected chi connectivity index (χ1v) is 6.77. The lowest BCUT2D eigenvalue weighted by molar-refractivity contribution is 0.0695. The normalized spacial score (nSPS) is 20.6. The van der Waals surface area contributed by atoms with Crippen LogP contribution >= 0.6 is 11.6 Å². The Bertz CT molecular complexity index is 447. The van der Waals surface area contributed by atoms with Crippen LogP contribution in [-0.2, 0) is 0 Å². The third-order valence-corrected chi connectivity index (χ3v) is 3.74. The van der Waals surface area contributed by atoms with Crippen molar-refractivity contribution in [2.45, 2.75) is 38.6 Å². The Morgan fingerprint density at radius 1 is 1.39 bits per heavy atom. The maximum Gasteiger partial charge on any atom is 0.257 e. The van der Waals surface area contributed by atoms with E-state index >= 15 is 0 Å². The highest BCUT2D eigenvalue weighted by molar-refractivity contribution is 6.31. The molecule has 1 saturated heterocycles. The van der Waals surface area contributed by atoms with E-state index in [0.717, 1.165) is 32.2 Å². The molecule has 1 aliphatic heterocycles. The summed E-state index contributed by atoms with van der Waals surface area (Å²) in [5.74, 6) is -0.120. The van der Waals surface area contributed by atoms with Gasteiger partial charge in [0, 0.05) is 17.6 Å². The van der Waals surface area contributed by atoms with Crippen molar-refractivity contribution in [3.05, 3.63) is 28.8 Å². The summed E-state index contributed by atoms with van der Waals surface area (Å²) >= 11 is 5.89. The Labute approximate surface area is 112 Å². The first-order chi connectivity index (χ1) is 8.59. The van der Waals surface area contributed by atoms with E-state index in [0.29, 0.717) is 10.6 Å². The highest BCUT2D eigenvalue weighted by Gasteiger charge is 2.25. The van der Waals surface area contributed by atoms with E-state index < -0.39 is 0 Å². The number of rotatable bonds is 1. The molecule has 1 atom stereocenters. The lowest BCUT2D eigenvalue weighted by atomic mass is 10.1. The van der Waals surface area contributed by atoms with Crippen molar-refractivity contribution in [2.24, 2.45) is 0 Å². The molecule has 0 aromatic heterocycles. The topological polar surface area (TPSA) is 40.5 Å². The highest BCUT2D eigenvalue weighted by Crippen LogP contribution is 2.25. The van der Waals surface area contributed by atoms with Gasteiger partial charge in [0.25, 0.3) is 5.91 Å². The number of likely N-dealkylation sites (tertiary alicyclic amines) is 1. The van der Waals surface area contributed by atoms with Crippen LogP contribution in [0.25, 0.3) is 0 Å². The Morgan fingerprint density at radius 2 is 2.17 bits per heavy atom. The fourth-order valence-corrected chi connectivity index (χ4v) is 2.58. The standard InChI is InChI=1S/C14H18ClNO2/c1-10-5-3-2-4-8-16(10)14(18)12-9-11(15)6-7-13(12)17/h6-7,9-10,17H,2-5,8H2,1H3. The molecular formula is C14H18ClNO2. The first-order valence-electron chi connectivity index (χ1n) is 6.39. The second-order valence-electron chi connectivity index (χ2n) is 4.86. The minimum absolute atomic E-state index is 0.000784. The number of carbonyl (C=O) groups excluding carboxylic acids is 1. The van der Waals surface area contributed by atoms with Crippen molar-refractivity contribution >= 4 is 17.5 Å². The van der Waals surface area contributed by atoms with Crippen molar-refractivity contribution in [2.75, 3.05) is 6.54 Å². The summed E-state index contributed by atoms with van der Waals surface area (Å²) in [6, 6.07) is 4.81. The second-order valence-corrected chi connectivity index (χ2v) is 5.29. The summed E-state index contributed by atoms with van der Waals surface area (Å²) in [6.07, 6.45) is 4.37. The first kappa shape index (κ1) is 13.2. The van der Waals surface area contributed by atoms with Gasteiger partial charge in [-0.05, 0) is 38.0 Å². The molecule has 18 heavy (non-hydrogen) atoms. The van der Waals surface area contributed by atoms with Gasteiger partial charge in [-0.15, -0.1) is 0 Å². The van der Waals surface area contributed by atoms with Gasteiger partial charge in [0.1, 0.15) is 5.75 Å². The number of hydrogen-bond acceptors (Lipinski definition) is 2. The largest absolute Gasteiger partial charge is 0.507 e. The third-order valence-electron chi connectivity index (χ3n) is 3.50. The molecule has 4 heteroatoms.